The third-order valence-corrected chi connectivity index (χ3v) is 23.1. The van der Waals surface area contributed by atoms with Gasteiger partial charge in [-0.2, -0.15) is 0 Å². The van der Waals surface area contributed by atoms with E-state index in [1.54, 1.807) is 0 Å². The fourth-order valence-corrected chi connectivity index (χ4v) is 17.1. The predicted octanol–water partition coefficient (Wildman–Crippen LogP) is 25.5. The highest BCUT2D eigenvalue weighted by Crippen LogP contribution is 2.47. The molecule has 0 aromatic rings. The van der Waals surface area contributed by atoms with Crippen LogP contribution in [0.1, 0.15) is 465 Å². The lowest BCUT2D eigenvalue weighted by molar-refractivity contribution is -0.125. The quantitative estimate of drug-likeness (QED) is 0.0454. The van der Waals surface area contributed by atoms with Gasteiger partial charge in [0.25, 0.3) is 0 Å². The lowest BCUT2D eigenvalue weighted by atomic mass is 9.63. The molecule has 4 N–H and O–H groups in total. The van der Waals surface area contributed by atoms with Crippen molar-refractivity contribution in [2.75, 3.05) is 0 Å². The zero-order valence-electron chi connectivity index (χ0n) is 64.1. The lowest BCUT2D eigenvalue weighted by Crippen LogP contribution is -2.53. The van der Waals surface area contributed by atoms with E-state index in [1.807, 2.05) is 0 Å². The molecule has 0 bridgehead atoms. The molecule has 4 unspecified atom stereocenters. The number of carbonyl (C=O) groups excluding carboxylic acids is 4. The Morgan fingerprint density at radius 2 is 0.436 bits per heavy atom. The number of rotatable bonds is 64. The second-order valence-corrected chi connectivity index (χ2v) is 32.9. The highest BCUT2D eigenvalue weighted by Gasteiger charge is 2.36. The van der Waals surface area contributed by atoms with Gasteiger partial charge in [0.2, 0.25) is 23.6 Å². The maximum Gasteiger partial charge on any atom is 0.220 e. The molecular weight excluding hydrogens is 1150 g/mol. The molecule has 0 aromatic carbocycles. The number of hydrogen-bond acceptors (Lipinski definition) is 4. The third kappa shape index (κ3) is 47.8. The summed E-state index contributed by atoms with van der Waals surface area (Å²) in [5.41, 5.74) is 0. The summed E-state index contributed by atoms with van der Waals surface area (Å²) in [6.07, 6.45) is 82.2. The van der Waals surface area contributed by atoms with Gasteiger partial charge in [-0.25, -0.2) is 0 Å². The first-order valence-electron chi connectivity index (χ1n) is 43.2. The second kappa shape index (κ2) is 60.8. The van der Waals surface area contributed by atoms with Crippen molar-refractivity contribution in [3.8, 4) is 0 Å². The molecule has 552 valence electrons. The summed E-state index contributed by atoms with van der Waals surface area (Å²) in [6, 6.07) is 0.271. The van der Waals surface area contributed by atoms with E-state index in [0.717, 1.165) is 138 Å². The minimum Gasteiger partial charge on any atom is -0.351 e. The van der Waals surface area contributed by atoms with Gasteiger partial charge in [-0.1, -0.05) is 375 Å². The molecule has 4 amide bonds. The highest BCUT2D eigenvalue weighted by molar-refractivity contribution is 5.78. The highest BCUT2D eigenvalue weighted by atomic mass is 16.2. The van der Waals surface area contributed by atoms with Gasteiger partial charge in [-0.3, -0.25) is 19.2 Å². The predicted molar refractivity (Wildman–Crippen MR) is 407 cm³/mol. The van der Waals surface area contributed by atoms with Gasteiger partial charge in [0.1, 0.15) is 0 Å². The van der Waals surface area contributed by atoms with Gasteiger partial charge in [0.05, 0.1) is 0 Å². The Morgan fingerprint density at radius 1 is 0.255 bits per heavy atom. The zero-order valence-corrected chi connectivity index (χ0v) is 64.1. The largest absolute Gasteiger partial charge is 0.351 e. The van der Waals surface area contributed by atoms with Crippen molar-refractivity contribution < 1.29 is 19.2 Å². The summed E-state index contributed by atoms with van der Waals surface area (Å²) < 4.78 is 0. The number of carbonyl (C=O) groups is 4. The Balaban J connectivity index is 1.37. The summed E-state index contributed by atoms with van der Waals surface area (Å²) in [4.78, 5) is 53.1. The van der Waals surface area contributed by atoms with Crippen molar-refractivity contribution in [1.29, 1.82) is 0 Å². The van der Waals surface area contributed by atoms with Gasteiger partial charge in [-0.15, -0.1) is 0 Å². The monoisotopic (exact) mass is 1320 g/mol. The number of unbranched alkanes of at least 4 members (excludes halogenated alkanes) is 40. The average molecular weight is 1320 g/mol. The number of nitrogens with one attached hydrogen (secondary N) is 4. The maximum absolute atomic E-state index is 13.4. The molecule has 94 heavy (non-hydrogen) atoms. The van der Waals surface area contributed by atoms with Gasteiger partial charge in [0, 0.05) is 49.9 Å². The number of hydrogen-bond donors (Lipinski definition) is 4. The van der Waals surface area contributed by atoms with Crippen molar-refractivity contribution in [2.24, 2.45) is 35.5 Å². The van der Waals surface area contributed by atoms with E-state index in [-0.39, 0.29) is 47.8 Å². The standard InChI is InChI=1S/C86H164N4O4/c1-7-9-11-13-35-45-59-75-71-77(61-47-39-41-51-69-85(93)89-81-65-55-53-63-79(81)87-83(91)67-49-37-31-27-23-19-15-17-21-25-29-33-43-57-73(3)4)78(72-76(75)60-46-36-14-12-10-8-2)62-48-40-42-52-70-86(94)90-82-66-56-54-64-80(82)88-84(92)68-50-38-32-28-24-20-16-18-22-26-30-34-44-58-74(5)6/h73-82H,7-72H2,1-6H3,(H,87,91)(H,88,92)(H,89,93)(H,90,94)/t75?,76?,77?,78?,79-,80+,81-,82+. The van der Waals surface area contributed by atoms with Crippen LogP contribution in [0.2, 0.25) is 0 Å². The molecule has 8 nitrogen and oxygen atoms in total. The van der Waals surface area contributed by atoms with Gasteiger partial charge >= 0.3 is 0 Å². The van der Waals surface area contributed by atoms with Crippen LogP contribution in [0.5, 0.6) is 0 Å². The molecule has 3 aliphatic rings. The van der Waals surface area contributed by atoms with Gasteiger partial charge < -0.3 is 21.3 Å². The Kier molecular flexibility index (Phi) is 55.7. The van der Waals surface area contributed by atoms with Crippen molar-refractivity contribution >= 4 is 23.6 Å². The molecular formula is C86H164N4O4. The molecule has 0 aliphatic heterocycles. The summed E-state index contributed by atoms with van der Waals surface area (Å²) in [6.45, 7) is 14.0. The van der Waals surface area contributed by atoms with Crippen molar-refractivity contribution in [3.63, 3.8) is 0 Å². The molecule has 3 fully saturated rings. The molecule has 3 aliphatic carbocycles. The zero-order chi connectivity index (χ0) is 67.6. The SMILES string of the molecule is CCCCCCCCC1CC(CCCCCCC(=O)N[C@H]2CCCC[C@@H]2NC(=O)CCCCCCCCCCCCCCCC(C)C)C(CCCCCCC(=O)N[C@@H]2CCCC[C@H]2NC(=O)CCCCCCCCCCCCCCCC(C)C)CC1CCCCCCCC. The molecule has 3 rings (SSSR count). The van der Waals surface area contributed by atoms with Crippen molar-refractivity contribution in [3.05, 3.63) is 0 Å². The van der Waals surface area contributed by atoms with Crippen LogP contribution < -0.4 is 21.3 Å². The van der Waals surface area contributed by atoms with Crippen LogP contribution in [0, 0.1) is 35.5 Å². The van der Waals surface area contributed by atoms with E-state index in [0.29, 0.717) is 25.7 Å². The van der Waals surface area contributed by atoms with Crippen LogP contribution in [0.25, 0.3) is 0 Å². The first kappa shape index (κ1) is 86.1. The van der Waals surface area contributed by atoms with E-state index in [1.165, 1.54) is 295 Å². The van der Waals surface area contributed by atoms with Gasteiger partial charge in [0.15, 0.2) is 0 Å². The van der Waals surface area contributed by atoms with E-state index in [4.69, 9.17) is 0 Å². The summed E-state index contributed by atoms with van der Waals surface area (Å²) in [7, 11) is 0. The smallest absolute Gasteiger partial charge is 0.220 e. The lowest BCUT2D eigenvalue weighted by Gasteiger charge is -2.42. The van der Waals surface area contributed by atoms with Crippen LogP contribution in [0.3, 0.4) is 0 Å². The molecule has 0 heterocycles. The minimum absolute atomic E-state index is 0.0656. The maximum atomic E-state index is 13.4. The van der Waals surface area contributed by atoms with Crippen LogP contribution in [-0.2, 0) is 19.2 Å². The average Bonchev–Trinajstić information content (AvgIpc) is 0.903. The Hall–Kier alpha value is -2.12. The Labute approximate surface area is 586 Å². The third-order valence-electron chi connectivity index (χ3n) is 23.1. The van der Waals surface area contributed by atoms with Crippen molar-refractivity contribution in [2.45, 2.75) is 489 Å². The van der Waals surface area contributed by atoms with Crippen LogP contribution in [0.4, 0.5) is 0 Å². The first-order chi connectivity index (χ1) is 46.0. The fraction of sp³-hybridized carbons (Fsp3) is 0.953. The summed E-state index contributed by atoms with van der Waals surface area (Å²) in [5, 5.41) is 13.6. The van der Waals surface area contributed by atoms with Crippen LogP contribution in [-0.4, -0.2) is 47.8 Å². The van der Waals surface area contributed by atoms with Crippen LogP contribution in [0.15, 0.2) is 0 Å². The fourth-order valence-electron chi connectivity index (χ4n) is 17.1. The van der Waals surface area contributed by atoms with E-state index < -0.39 is 0 Å². The molecule has 8 atom stereocenters. The summed E-state index contributed by atoms with van der Waals surface area (Å²) >= 11 is 0. The Bertz CT molecular complexity index is 1630. The molecule has 0 aromatic heterocycles. The normalized spacial score (nSPS) is 20.9. The molecule has 8 heteroatoms. The van der Waals surface area contributed by atoms with E-state index in [9.17, 15) is 19.2 Å². The van der Waals surface area contributed by atoms with Crippen molar-refractivity contribution in [1.82, 2.24) is 21.3 Å². The van der Waals surface area contributed by atoms with E-state index in [2.05, 4.69) is 62.8 Å². The van der Waals surface area contributed by atoms with Gasteiger partial charge in [-0.05, 0) is 99.7 Å². The molecule has 0 radical (unpaired) electrons. The molecule has 0 spiro atoms. The second-order valence-electron chi connectivity index (χ2n) is 32.9. The molecule has 3 saturated carbocycles. The molecule has 0 saturated heterocycles. The minimum atomic E-state index is 0.0656. The van der Waals surface area contributed by atoms with E-state index >= 15 is 0 Å². The summed E-state index contributed by atoms with van der Waals surface area (Å²) in [5.74, 6) is 5.82. The first-order valence-corrected chi connectivity index (χ1v) is 43.2. The Morgan fingerprint density at radius 3 is 0.638 bits per heavy atom. The number of amides is 4. The topological polar surface area (TPSA) is 116 Å². The van der Waals surface area contributed by atoms with Crippen LogP contribution >= 0.6 is 0 Å².